The number of carboxylic acids is 1. The molecule has 1 aromatic carbocycles. The predicted molar refractivity (Wildman–Crippen MR) is 142 cm³/mol. The second-order valence-electron chi connectivity index (χ2n) is 11.0. The number of benzene rings is 1. The van der Waals surface area contributed by atoms with Crippen LogP contribution in [-0.4, -0.2) is 66.8 Å². The first-order valence-corrected chi connectivity index (χ1v) is 12.9. The van der Waals surface area contributed by atoms with Gasteiger partial charge in [-0.3, -0.25) is 19.3 Å². The first-order chi connectivity index (χ1) is 18.4. The van der Waals surface area contributed by atoms with E-state index in [1.54, 1.807) is 31.4 Å². The van der Waals surface area contributed by atoms with Crippen LogP contribution in [0.3, 0.4) is 0 Å². The van der Waals surface area contributed by atoms with Crippen molar-refractivity contribution >= 4 is 17.8 Å². The van der Waals surface area contributed by atoms with Gasteiger partial charge in [0, 0.05) is 11.1 Å². The van der Waals surface area contributed by atoms with Crippen LogP contribution in [0.1, 0.15) is 52.5 Å². The summed E-state index contributed by atoms with van der Waals surface area (Å²) in [6.07, 6.45) is 2.17. The number of hydrogen-bond donors (Lipinski definition) is 2. The molecule has 0 fully saturated rings. The molecular formula is C29H36N2O8. The third-order valence-corrected chi connectivity index (χ3v) is 7.29. The van der Waals surface area contributed by atoms with Crippen molar-refractivity contribution in [2.24, 2.45) is 5.41 Å². The van der Waals surface area contributed by atoms with Crippen LogP contribution < -0.4 is 14.8 Å². The molecule has 0 unspecified atom stereocenters. The van der Waals surface area contributed by atoms with Crippen LogP contribution in [0.25, 0.3) is 0 Å². The molecule has 4 rings (SSSR count). The molecular weight excluding hydrogens is 504 g/mol. The highest BCUT2D eigenvalue weighted by Crippen LogP contribution is 2.50. The summed E-state index contributed by atoms with van der Waals surface area (Å²) in [5.41, 5.74) is 2.61. The average molecular weight is 541 g/mol. The van der Waals surface area contributed by atoms with E-state index in [0.29, 0.717) is 23.0 Å². The molecule has 39 heavy (non-hydrogen) atoms. The zero-order chi connectivity index (χ0) is 28.6. The Morgan fingerprint density at radius 3 is 2.56 bits per heavy atom. The van der Waals surface area contributed by atoms with Crippen LogP contribution in [0.2, 0.25) is 0 Å². The van der Waals surface area contributed by atoms with Gasteiger partial charge in [-0.05, 0) is 30.9 Å². The van der Waals surface area contributed by atoms with Gasteiger partial charge in [-0.15, -0.1) is 0 Å². The fourth-order valence-electron chi connectivity index (χ4n) is 5.17. The van der Waals surface area contributed by atoms with Crippen molar-refractivity contribution in [2.45, 2.75) is 65.1 Å². The van der Waals surface area contributed by atoms with E-state index in [0.717, 1.165) is 16.7 Å². The molecule has 10 heteroatoms. The number of carboxylic acid groups (broad SMARTS) is 1. The van der Waals surface area contributed by atoms with Crippen molar-refractivity contribution < 1.29 is 38.4 Å². The molecule has 2 heterocycles. The number of hydrogen-bond acceptors (Lipinski definition) is 7. The molecule has 2 amide bonds. The number of carbonyl (C=O) groups is 3. The van der Waals surface area contributed by atoms with Gasteiger partial charge in [0.1, 0.15) is 18.4 Å². The standard InChI is InChI=1S/C29H36N2O8/c1-15-11-18(17-9-8-10-20(36-6)25(17)37-7)26-24-19(15)13-38-14-22(29(3,4)5)31(24)27(33)21(39-26)12-23(32)30-16(2)28(34)35/h8-11,13,16,18,21-22H,12,14H2,1-7H3,(H,30,32)(H,34,35)/t16-,18-,21+,22-/m1/s1. The molecule has 4 atom stereocenters. The van der Waals surface area contributed by atoms with Gasteiger partial charge >= 0.3 is 5.97 Å². The Balaban J connectivity index is 1.87. The van der Waals surface area contributed by atoms with Crippen molar-refractivity contribution in [1.29, 1.82) is 0 Å². The smallest absolute Gasteiger partial charge is 0.325 e. The quantitative estimate of drug-likeness (QED) is 0.539. The monoisotopic (exact) mass is 540 g/mol. The number of amides is 2. The SMILES string of the molecule is COc1cccc([C@H]2C=C(C)C3=COC[C@H](C(C)(C)C)N4C(=O)[C@H](CC(=O)N[C@H](C)C(=O)O)OC2=C34)c1OC. The number of methoxy groups -OCH3 is 2. The van der Waals surface area contributed by atoms with Crippen molar-refractivity contribution in [1.82, 2.24) is 10.2 Å². The fourth-order valence-corrected chi connectivity index (χ4v) is 5.17. The van der Waals surface area contributed by atoms with Crippen LogP contribution in [0.5, 0.6) is 11.5 Å². The number of allylic oxidation sites excluding steroid dienone is 2. The maximum absolute atomic E-state index is 14.1. The minimum absolute atomic E-state index is 0.255. The van der Waals surface area contributed by atoms with Crippen molar-refractivity contribution in [2.75, 3.05) is 20.8 Å². The molecule has 2 aliphatic heterocycles. The van der Waals surface area contributed by atoms with E-state index >= 15 is 0 Å². The highest BCUT2D eigenvalue weighted by Gasteiger charge is 2.49. The van der Waals surface area contributed by atoms with E-state index in [2.05, 4.69) is 5.32 Å². The molecule has 1 aromatic rings. The fraction of sp³-hybridized carbons (Fsp3) is 0.483. The molecule has 0 spiro atoms. The Morgan fingerprint density at radius 1 is 1.23 bits per heavy atom. The molecule has 10 nitrogen and oxygen atoms in total. The van der Waals surface area contributed by atoms with E-state index < -0.39 is 29.9 Å². The first-order valence-electron chi connectivity index (χ1n) is 12.9. The number of rotatable bonds is 7. The summed E-state index contributed by atoms with van der Waals surface area (Å²) in [4.78, 5) is 39.9. The van der Waals surface area contributed by atoms with Gasteiger partial charge in [-0.25, -0.2) is 0 Å². The maximum atomic E-state index is 14.1. The second kappa shape index (κ2) is 10.7. The molecule has 0 saturated heterocycles. The zero-order valence-electron chi connectivity index (χ0n) is 23.4. The van der Waals surface area contributed by atoms with Gasteiger partial charge in [0.25, 0.3) is 5.91 Å². The average Bonchev–Trinajstić information content (AvgIpc) is 3.09. The lowest BCUT2D eigenvalue weighted by Gasteiger charge is -2.46. The summed E-state index contributed by atoms with van der Waals surface area (Å²) in [5, 5.41) is 11.6. The van der Waals surface area contributed by atoms with E-state index in [1.807, 2.05) is 45.9 Å². The number of aliphatic carboxylic acids is 1. The van der Waals surface area contributed by atoms with Crippen LogP contribution in [0.4, 0.5) is 0 Å². The van der Waals surface area contributed by atoms with Gasteiger partial charge in [-0.1, -0.05) is 39.0 Å². The number of nitrogens with one attached hydrogen (secondary N) is 1. The molecule has 0 aromatic heterocycles. The summed E-state index contributed by atoms with van der Waals surface area (Å²) in [5.74, 6) is -1.04. The number of ether oxygens (including phenoxy) is 4. The lowest BCUT2D eigenvalue weighted by atomic mass is 9.80. The van der Waals surface area contributed by atoms with E-state index in [-0.39, 0.29) is 30.4 Å². The van der Waals surface area contributed by atoms with Crippen LogP contribution in [0, 0.1) is 5.41 Å². The number of nitrogens with zero attached hydrogens (tertiary/aromatic N) is 1. The van der Waals surface area contributed by atoms with Gasteiger partial charge < -0.3 is 29.4 Å². The van der Waals surface area contributed by atoms with Crippen molar-refractivity contribution in [3.8, 4) is 11.5 Å². The Labute approximate surface area is 228 Å². The maximum Gasteiger partial charge on any atom is 0.325 e. The van der Waals surface area contributed by atoms with Crippen LogP contribution in [-0.2, 0) is 23.9 Å². The minimum Gasteiger partial charge on any atom is -0.498 e. The molecule has 0 bridgehead atoms. The molecule has 2 N–H and O–H groups in total. The van der Waals surface area contributed by atoms with E-state index in [1.165, 1.54) is 6.92 Å². The molecule has 0 saturated carbocycles. The normalized spacial score (nSPS) is 23.3. The Morgan fingerprint density at radius 2 is 1.95 bits per heavy atom. The second-order valence-corrected chi connectivity index (χ2v) is 11.0. The molecule has 210 valence electrons. The predicted octanol–water partition coefficient (Wildman–Crippen LogP) is 3.49. The first kappa shape index (κ1) is 28.1. The van der Waals surface area contributed by atoms with E-state index in [4.69, 9.17) is 18.9 Å². The Hall–Kier alpha value is -3.95. The minimum atomic E-state index is -1.17. The van der Waals surface area contributed by atoms with Crippen LogP contribution in [0.15, 0.2) is 53.1 Å². The summed E-state index contributed by atoms with van der Waals surface area (Å²) in [6.45, 7) is 9.65. The third-order valence-electron chi connectivity index (χ3n) is 7.29. The van der Waals surface area contributed by atoms with Gasteiger partial charge in [0.05, 0.1) is 44.6 Å². The molecule has 0 radical (unpaired) electrons. The Bertz CT molecular complexity index is 1270. The summed E-state index contributed by atoms with van der Waals surface area (Å²) in [6, 6.07) is 4.09. The molecule has 3 aliphatic rings. The van der Waals surface area contributed by atoms with Crippen LogP contribution >= 0.6 is 0 Å². The number of para-hydroxylation sites is 1. The summed E-state index contributed by atoms with van der Waals surface area (Å²) in [7, 11) is 3.13. The highest BCUT2D eigenvalue weighted by molar-refractivity contribution is 5.92. The van der Waals surface area contributed by atoms with Crippen molar-refractivity contribution in [3.63, 3.8) is 0 Å². The summed E-state index contributed by atoms with van der Waals surface area (Å²) < 4.78 is 23.6. The third kappa shape index (κ3) is 5.20. The Kier molecular flexibility index (Phi) is 7.68. The number of carbonyl (C=O) groups excluding carboxylic acids is 2. The van der Waals surface area contributed by atoms with E-state index in [9.17, 15) is 19.5 Å². The van der Waals surface area contributed by atoms with Gasteiger partial charge in [0.2, 0.25) is 5.91 Å². The van der Waals surface area contributed by atoms with Crippen molar-refractivity contribution in [3.05, 3.63) is 58.7 Å². The lowest BCUT2D eigenvalue weighted by Crippen LogP contribution is -2.56. The lowest BCUT2D eigenvalue weighted by molar-refractivity contribution is -0.151. The zero-order valence-corrected chi connectivity index (χ0v) is 23.4. The topological polar surface area (TPSA) is 124 Å². The van der Waals surface area contributed by atoms with Gasteiger partial charge in [0.15, 0.2) is 17.6 Å². The largest absolute Gasteiger partial charge is 0.498 e. The highest BCUT2D eigenvalue weighted by atomic mass is 16.5. The molecule has 1 aliphatic carbocycles. The van der Waals surface area contributed by atoms with Gasteiger partial charge in [-0.2, -0.15) is 0 Å². The summed E-state index contributed by atoms with van der Waals surface area (Å²) >= 11 is 0.